The number of hydrogen-bond donors (Lipinski definition) is 1. The Morgan fingerprint density at radius 2 is 1.69 bits per heavy atom. The normalized spacial score (nSPS) is 14.3. The highest BCUT2D eigenvalue weighted by Gasteiger charge is 2.34. The van der Waals surface area contributed by atoms with Gasteiger partial charge in [-0.15, -0.1) is 0 Å². The summed E-state index contributed by atoms with van der Waals surface area (Å²) in [5.41, 5.74) is 1.94. The topological polar surface area (TPSA) is 96.0 Å². The molecule has 1 atom stereocenters. The van der Waals surface area contributed by atoms with Crippen LogP contribution in [-0.2, 0) is 26.2 Å². The summed E-state index contributed by atoms with van der Waals surface area (Å²) in [6.07, 6.45) is 4.23. The van der Waals surface area contributed by atoms with E-state index in [0.717, 1.165) is 53.2 Å². The van der Waals surface area contributed by atoms with Crippen molar-refractivity contribution in [2.24, 2.45) is 0 Å². The highest BCUT2D eigenvalue weighted by molar-refractivity contribution is 7.92. The van der Waals surface area contributed by atoms with Crippen molar-refractivity contribution < 1.29 is 27.1 Å². The molecule has 10 heteroatoms. The van der Waals surface area contributed by atoms with Crippen molar-refractivity contribution in [3.8, 4) is 5.75 Å². The zero-order valence-corrected chi connectivity index (χ0v) is 25.1. The number of carbonyl (C=O) groups is 2. The van der Waals surface area contributed by atoms with Crippen LogP contribution in [0, 0.1) is 12.7 Å². The average molecular weight is 596 g/mol. The van der Waals surface area contributed by atoms with Gasteiger partial charge in [-0.05, 0) is 80.3 Å². The molecule has 1 saturated carbocycles. The van der Waals surface area contributed by atoms with Crippen LogP contribution in [0.4, 0.5) is 10.1 Å². The lowest BCUT2D eigenvalue weighted by molar-refractivity contribution is -0.140. The van der Waals surface area contributed by atoms with E-state index in [1.165, 1.54) is 48.4 Å². The van der Waals surface area contributed by atoms with Gasteiger partial charge in [0.2, 0.25) is 11.8 Å². The molecule has 1 N–H and O–H groups in total. The fourth-order valence-corrected chi connectivity index (χ4v) is 6.72. The van der Waals surface area contributed by atoms with Crippen molar-refractivity contribution in [3.05, 3.63) is 89.7 Å². The Morgan fingerprint density at radius 3 is 2.29 bits per heavy atom. The molecule has 1 fully saturated rings. The molecule has 224 valence electrons. The molecule has 42 heavy (non-hydrogen) atoms. The molecule has 0 saturated heterocycles. The number of nitrogens with zero attached hydrogens (tertiary/aromatic N) is 2. The Morgan fingerprint density at radius 1 is 1.02 bits per heavy atom. The van der Waals surface area contributed by atoms with Crippen LogP contribution in [0.15, 0.2) is 77.7 Å². The van der Waals surface area contributed by atoms with Crippen LogP contribution in [0.3, 0.4) is 0 Å². The van der Waals surface area contributed by atoms with Crippen LogP contribution >= 0.6 is 0 Å². The van der Waals surface area contributed by atoms with Gasteiger partial charge < -0.3 is 15.0 Å². The number of amides is 2. The molecule has 4 rings (SSSR count). The number of aryl methyl sites for hydroxylation is 1. The largest absolute Gasteiger partial charge is 0.497 e. The minimum absolute atomic E-state index is 0.0586. The van der Waals surface area contributed by atoms with Gasteiger partial charge in [-0.1, -0.05) is 49.6 Å². The molecule has 1 aliphatic rings. The van der Waals surface area contributed by atoms with E-state index in [0.29, 0.717) is 12.2 Å². The van der Waals surface area contributed by atoms with Gasteiger partial charge in [-0.25, -0.2) is 12.8 Å². The summed E-state index contributed by atoms with van der Waals surface area (Å²) in [5.74, 6) is -0.868. The minimum atomic E-state index is -4.26. The molecular formula is C32H38FN3O5S. The summed E-state index contributed by atoms with van der Waals surface area (Å²) in [4.78, 5) is 29.1. The van der Waals surface area contributed by atoms with Gasteiger partial charge in [-0.3, -0.25) is 13.9 Å². The molecular weight excluding hydrogens is 557 g/mol. The van der Waals surface area contributed by atoms with Crippen molar-refractivity contribution in [3.63, 3.8) is 0 Å². The van der Waals surface area contributed by atoms with E-state index in [1.807, 2.05) is 38.1 Å². The molecule has 3 aromatic carbocycles. The number of anilines is 1. The smallest absolute Gasteiger partial charge is 0.264 e. The maximum absolute atomic E-state index is 14.1. The van der Waals surface area contributed by atoms with E-state index >= 15 is 0 Å². The van der Waals surface area contributed by atoms with Crippen LogP contribution in [-0.4, -0.2) is 50.9 Å². The second-order valence-electron chi connectivity index (χ2n) is 10.6. The monoisotopic (exact) mass is 595 g/mol. The number of ether oxygens (including phenoxy) is 1. The second-order valence-corrected chi connectivity index (χ2v) is 12.5. The van der Waals surface area contributed by atoms with E-state index in [2.05, 4.69) is 5.32 Å². The Kier molecular flexibility index (Phi) is 10.2. The highest BCUT2D eigenvalue weighted by atomic mass is 32.2. The van der Waals surface area contributed by atoms with Gasteiger partial charge >= 0.3 is 0 Å². The molecule has 0 aliphatic heterocycles. The molecule has 2 amide bonds. The van der Waals surface area contributed by atoms with Gasteiger partial charge in [0, 0.05) is 12.6 Å². The van der Waals surface area contributed by atoms with E-state index in [1.54, 1.807) is 0 Å². The molecule has 8 nitrogen and oxygen atoms in total. The lowest BCUT2D eigenvalue weighted by atomic mass is 10.1. The number of rotatable bonds is 12. The van der Waals surface area contributed by atoms with Crippen molar-refractivity contribution in [1.82, 2.24) is 10.2 Å². The average Bonchev–Trinajstić information content (AvgIpc) is 3.49. The summed E-state index contributed by atoms with van der Waals surface area (Å²) in [5, 5.41) is 3.10. The SMILES string of the molecule is CC[C@@H](C(=O)NC1CCCC1)N(Cc1cccc(C)c1)C(=O)CN(c1ccc(F)cc1)S(=O)(=O)c1ccc(OC)cc1. The molecule has 0 bridgehead atoms. The first kappa shape index (κ1) is 31.0. The fraction of sp³-hybridized carbons (Fsp3) is 0.375. The van der Waals surface area contributed by atoms with Crippen molar-refractivity contribution in [1.29, 1.82) is 0 Å². The summed E-state index contributed by atoms with van der Waals surface area (Å²) in [6, 6.07) is 17.6. The first-order valence-corrected chi connectivity index (χ1v) is 15.6. The lowest BCUT2D eigenvalue weighted by Gasteiger charge is -2.34. The van der Waals surface area contributed by atoms with Gasteiger partial charge in [0.1, 0.15) is 24.2 Å². The zero-order chi connectivity index (χ0) is 30.3. The standard InChI is InChI=1S/C32H38FN3O5S/c1-4-30(32(38)34-26-10-5-6-11-26)35(21-24-9-7-8-23(2)20-24)31(37)22-36(27-14-12-25(33)13-15-27)42(39,40)29-18-16-28(41-3)17-19-29/h7-9,12-20,26,30H,4-6,10-11,21-22H2,1-3H3,(H,34,38)/t30-/m0/s1. The van der Waals surface area contributed by atoms with E-state index in [4.69, 9.17) is 4.74 Å². The molecule has 0 heterocycles. The van der Waals surface area contributed by atoms with Crippen molar-refractivity contribution in [2.75, 3.05) is 18.0 Å². The number of methoxy groups -OCH3 is 1. The summed E-state index contributed by atoms with van der Waals surface area (Å²) in [6.45, 7) is 3.31. The summed E-state index contributed by atoms with van der Waals surface area (Å²) < 4.78 is 47.8. The molecule has 0 radical (unpaired) electrons. The quantitative estimate of drug-likeness (QED) is 0.310. The van der Waals surface area contributed by atoms with Crippen LogP contribution < -0.4 is 14.4 Å². The number of halogens is 1. The fourth-order valence-electron chi connectivity index (χ4n) is 5.31. The number of sulfonamides is 1. The summed E-state index contributed by atoms with van der Waals surface area (Å²) >= 11 is 0. The van der Waals surface area contributed by atoms with E-state index in [9.17, 15) is 22.4 Å². The Bertz CT molecular complexity index is 1470. The lowest BCUT2D eigenvalue weighted by Crippen LogP contribution is -2.53. The number of carbonyl (C=O) groups excluding carboxylic acids is 2. The molecule has 0 spiro atoms. The minimum Gasteiger partial charge on any atom is -0.497 e. The predicted octanol–water partition coefficient (Wildman–Crippen LogP) is 5.20. The third-order valence-electron chi connectivity index (χ3n) is 7.56. The van der Waals surface area contributed by atoms with Gasteiger partial charge in [0.05, 0.1) is 17.7 Å². The Balaban J connectivity index is 1.71. The number of hydrogen-bond acceptors (Lipinski definition) is 5. The third-order valence-corrected chi connectivity index (χ3v) is 9.35. The van der Waals surface area contributed by atoms with Crippen molar-refractivity contribution in [2.45, 2.75) is 69.5 Å². The van der Waals surface area contributed by atoms with Crippen LogP contribution in [0.5, 0.6) is 5.75 Å². The first-order chi connectivity index (χ1) is 20.1. The highest BCUT2D eigenvalue weighted by Crippen LogP contribution is 2.27. The van der Waals surface area contributed by atoms with E-state index in [-0.39, 0.29) is 29.1 Å². The predicted molar refractivity (Wildman–Crippen MR) is 160 cm³/mol. The third kappa shape index (κ3) is 7.47. The number of nitrogens with one attached hydrogen (secondary N) is 1. The number of benzene rings is 3. The maximum Gasteiger partial charge on any atom is 0.264 e. The Labute approximate surface area is 247 Å². The van der Waals surface area contributed by atoms with Crippen molar-refractivity contribution >= 4 is 27.5 Å². The van der Waals surface area contributed by atoms with Gasteiger partial charge in [0.15, 0.2) is 0 Å². The van der Waals surface area contributed by atoms with Crippen LogP contribution in [0.2, 0.25) is 0 Å². The zero-order valence-electron chi connectivity index (χ0n) is 24.3. The second kappa shape index (κ2) is 13.8. The first-order valence-electron chi connectivity index (χ1n) is 14.2. The van der Waals surface area contributed by atoms with Crippen LogP contribution in [0.1, 0.15) is 50.2 Å². The summed E-state index contributed by atoms with van der Waals surface area (Å²) in [7, 11) is -2.79. The molecule has 0 unspecified atom stereocenters. The Hall–Kier alpha value is -3.92. The van der Waals surface area contributed by atoms with Gasteiger partial charge in [0.25, 0.3) is 10.0 Å². The van der Waals surface area contributed by atoms with E-state index < -0.39 is 34.3 Å². The molecule has 1 aliphatic carbocycles. The molecule has 3 aromatic rings. The molecule has 0 aromatic heterocycles. The van der Waals surface area contributed by atoms with Gasteiger partial charge in [-0.2, -0.15) is 0 Å². The maximum atomic E-state index is 14.1. The van der Waals surface area contributed by atoms with Crippen LogP contribution in [0.25, 0.3) is 0 Å².